The van der Waals surface area contributed by atoms with Crippen LogP contribution in [0.3, 0.4) is 0 Å². The maximum absolute atomic E-state index is 13.1. The Balaban J connectivity index is 1.60. The van der Waals surface area contributed by atoms with Gasteiger partial charge in [-0.2, -0.15) is 0 Å². The lowest BCUT2D eigenvalue weighted by atomic mass is 9.90. The van der Waals surface area contributed by atoms with Gasteiger partial charge < -0.3 is 28.6 Å². The van der Waals surface area contributed by atoms with Gasteiger partial charge in [-0.25, -0.2) is 4.79 Å². The zero-order valence-electron chi connectivity index (χ0n) is 18.5. The van der Waals surface area contributed by atoms with Gasteiger partial charge in [0, 0.05) is 23.2 Å². The van der Waals surface area contributed by atoms with Crippen LogP contribution in [0.5, 0.6) is 11.5 Å². The van der Waals surface area contributed by atoms with Gasteiger partial charge in [0.2, 0.25) is 0 Å². The predicted molar refractivity (Wildman–Crippen MR) is 121 cm³/mol. The zero-order valence-corrected chi connectivity index (χ0v) is 19.3. The van der Waals surface area contributed by atoms with E-state index in [2.05, 4.69) is 0 Å². The molecular weight excluding hydrogens is 450 g/mol. The molecule has 8 nitrogen and oxygen atoms in total. The lowest BCUT2D eigenvalue weighted by molar-refractivity contribution is -0.101. The third kappa shape index (κ3) is 4.11. The van der Waals surface area contributed by atoms with Gasteiger partial charge in [-0.05, 0) is 30.9 Å². The number of fused-ring (bicyclic) bond motifs is 3. The number of aromatic nitrogens is 1. The van der Waals surface area contributed by atoms with Crippen LogP contribution in [0, 0.1) is 5.92 Å². The number of carboxylic acids is 1. The monoisotopic (exact) mass is 475 g/mol. The van der Waals surface area contributed by atoms with Crippen molar-refractivity contribution in [2.24, 2.45) is 5.92 Å². The summed E-state index contributed by atoms with van der Waals surface area (Å²) < 4.78 is 24.9. The fraction of sp³-hybridized carbons (Fsp3) is 0.500. The van der Waals surface area contributed by atoms with Crippen molar-refractivity contribution in [1.82, 2.24) is 4.57 Å². The number of halogens is 1. The molecule has 1 saturated heterocycles. The molecule has 1 unspecified atom stereocenters. The molecule has 3 heterocycles. The van der Waals surface area contributed by atoms with Crippen molar-refractivity contribution < 1.29 is 28.8 Å². The van der Waals surface area contributed by atoms with Gasteiger partial charge in [0.25, 0.3) is 5.56 Å². The second-order valence-corrected chi connectivity index (χ2v) is 9.42. The molecule has 2 fully saturated rings. The Morgan fingerprint density at radius 1 is 1.27 bits per heavy atom. The van der Waals surface area contributed by atoms with Crippen LogP contribution in [0.4, 0.5) is 0 Å². The molecule has 3 aliphatic rings. The molecule has 9 heteroatoms. The van der Waals surface area contributed by atoms with E-state index in [4.69, 9.17) is 30.5 Å². The van der Waals surface area contributed by atoms with Crippen LogP contribution in [0.2, 0.25) is 5.02 Å². The number of aromatic carboxylic acids is 1. The van der Waals surface area contributed by atoms with E-state index in [0.29, 0.717) is 53.2 Å². The molecule has 0 bridgehead atoms. The fourth-order valence-corrected chi connectivity index (χ4v) is 4.65. The molecule has 0 spiro atoms. The third-order valence-electron chi connectivity index (χ3n) is 6.17. The minimum atomic E-state index is -1.24. The third-order valence-corrected chi connectivity index (χ3v) is 6.47. The lowest BCUT2D eigenvalue weighted by Crippen LogP contribution is -2.33. The normalized spacial score (nSPS) is 21.8. The molecule has 5 rings (SSSR count). The van der Waals surface area contributed by atoms with Crippen LogP contribution < -0.4 is 15.0 Å². The second-order valence-electron chi connectivity index (χ2n) is 9.01. The minimum absolute atomic E-state index is 0.0255. The highest BCUT2D eigenvalue weighted by molar-refractivity contribution is 6.32. The van der Waals surface area contributed by atoms with E-state index in [9.17, 15) is 14.7 Å². The molecule has 33 heavy (non-hydrogen) atoms. The smallest absolute Gasteiger partial charge is 0.341 e. The summed E-state index contributed by atoms with van der Waals surface area (Å²) in [5, 5.41) is 10.0. The van der Waals surface area contributed by atoms with Crippen molar-refractivity contribution in [3.05, 3.63) is 44.7 Å². The number of pyridine rings is 1. The largest absolute Gasteiger partial charge is 0.489 e. The van der Waals surface area contributed by atoms with Crippen molar-refractivity contribution in [3.63, 3.8) is 0 Å². The molecule has 2 aliphatic heterocycles. The number of hydrogen-bond donors (Lipinski definition) is 1. The van der Waals surface area contributed by atoms with Crippen molar-refractivity contribution in [2.75, 3.05) is 26.4 Å². The fourth-order valence-electron chi connectivity index (χ4n) is 4.43. The summed E-state index contributed by atoms with van der Waals surface area (Å²) in [4.78, 5) is 25.0. The highest BCUT2D eigenvalue weighted by Gasteiger charge is 2.38. The average Bonchev–Trinajstić information content (AvgIpc) is 3.62. The maximum atomic E-state index is 13.1. The first-order valence-electron chi connectivity index (χ1n) is 11.2. The first-order valence-corrected chi connectivity index (χ1v) is 11.6. The Bertz CT molecular complexity index is 1150. The number of ether oxygens (including phenoxy) is 4. The van der Waals surface area contributed by atoms with Crippen LogP contribution in [0.1, 0.15) is 54.8 Å². The van der Waals surface area contributed by atoms with Crippen molar-refractivity contribution in [2.45, 2.75) is 44.9 Å². The lowest BCUT2D eigenvalue weighted by Gasteiger charge is -2.33. The van der Waals surface area contributed by atoms with Gasteiger partial charge in [-0.3, -0.25) is 4.79 Å². The number of hydrogen-bond acceptors (Lipinski definition) is 6. The second kappa shape index (κ2) is 8.66. The number of rotatable bonds is 6. The number of carboxylic acid groups (broad SMARTS) is 1. The van der Waals surface area contributed by atoms with Crippen molar-refractivity contribution >= 4 is 17.6 Å². The Hall–Kier alpha value is -2.55. The molecule has 1 aliphatic carbocycles. The maximum Gasteiger partial charge on any atom is 0.341 e. The molecule has 1 aromatic carbocycles. The van der Waals surface area contributed by atoms with E-state index in [-0.39, 0.29) is 30.2 Å². The van der Waals surface area contributed by atoms with Gasteiger partial charge in [-0.1, -0.05) is 25.4 Å². The summed E-state index contributed by atoms with van der Waals surface area (Å²) >= 11 is 6.58. The summed E-state index contributed by atoms with van der Waals surface area (Å²) in [6.07, 6.45) is 1.07. The van der Waals surface area contributed by atoms with E-state index in [1.165, 1.54) is 6.07 Å². The van der Waals surface area contributed by atoms with E-state index >= 15 is 0 Å². The molecular formula is C24H26ClNO7. The summed E-state index contributed by atoms with van der Waals surface area (Å²) in [5.74, 6) is -0.186. The zero-order chi connectivity index (χ0) is 23.3. The highest BCUT2D eigenvalue weighted by atomic mass is 35.5. The van der Waals surface area contributed by atoms with Crippen LogP contribution >= 0.6 is 11.6 Å². The Morgan fingerprint density at radius 2 is 2.06 bits per heavy atom. The summed E-state index contributed by atoms with van der Waals surface area (Å²) in [7, 11) is 0. The van der Waals surface area contributed by atoms with E-state index in [0.717, 1.165) is 12.8 Å². The summed E-state index contributed by atoms with van der Waals surface area (Å²) in [6, 6.07) is 4.92. The van der Waals surface area contributed by atoms with Gasteiger partial charge in [0.15, 0.2) is 0 Å². The average molecular weight is 476 g/mol. The Labute approximate surface area is 196 Å². The standard InChI is InChI=1S/C24H26ClNO7/c1-12(2)22-16-7-17(24(28)29)23(27)26(13-3-4-13)21(16)15-8-18(25)20(9-19(15)33-22)32-11-14-10-30-5-6-31-14/h7-9,12-14,22H,3-6,10-11H2,1-2H3,(H,28,29)/t14-,22?/m0/s1. The summed E-state index contributed by atoms with van der Waals surface area (Å²) in [5.41, 5.74) is 1.31. The van der Waals surface area contributed by atoms with Crippen LogP contribution in [-0.4, -0.2) is 48.2 Å². The predicted octanol–water partition coefficient (Wildman–Crippen LogP) is 4.09. The molecule has 2 aromatic rings. The van der Waals surface area contributed by atoms with Gasteiger partial charge in [-0.15, -0.1) is 0 Å². The Morgan fingerprint density at radius 3 is 2.70 bits per heavy atom. The van der Waals surface area contributed by atoms with E-state index in [1.807, 2.05) is 13.8 Å². The van der Waals surface area contributed by atoms with Crippen LogP contribution in [0.25, 0.3) is 11.3 Å². The van der Waals surface area contributed by atoms with Crippen LogP contribution in [0.15, 0.2) is 23.0 Å². The molecule has 1 aromatic heterocycles. The number of carbonyl (C=O) groups is 1. The van der Waals surface area contributed by atoms with E-state index < -0.39 is 17.6 Å². The SMILES string of the molecule is CC(C)C1Oc2cc(OC[C@@H]3COCCO3)c(Cl)cc2-c2c1cc(C(=O)O)c(=O)n2C1CC1. The first kappa shape index (κ1) is 22.3. The van der Waals surface area contributed by atoms with Crippen molar-refractivity contribution in [3.8, 4) is 22.8 Å². The molecule has 2 atom stereocenters. The highest BCUT2D eigenvalue weighted by Crippen LogP contribution is 2.50. The van der Waals surface area contributed by atoms with E-state index in [1.54, 1.807) is 16.7 Å². The molecule has 0 amide bonds. The van der Waals surface area contributed by atoms with Gasteiger partial charge >= 0.3 is 5.97 Å². The quantitative estimate of drug-likeness (QED) is 0.672. The number of benzene rings is 1. The van der Waals surface area contributed by atoms with Gasteiger partial charge in [0.1, 0.15) is 35.9 Å². The van der Waals surface area contributed by atoms with Gasteiger partial charge in [0.05, 0.1) is 30.5 Å². The molecule has 0 radical (unpaired) electrons. The molecule has 1 N–H and O–H groups in total. The number of nitrogens with zero attached hydrogens (tertiary/aromatic N) is 1. The Kier molecular flexibility index (Phi) is 5.84. The first-order chi connectivity index (χ1) is 15.8. The van der Waals surface area contributed by atoms with Crippen molar-refractivity contribution in [1.29, 1.82) is 0 Å². The molecule has 176 valence electrons. The topological polar surface area (TPSA) is 96.2 Å². The minimum Gasteiger partial charge on any atom is -0.489 e. The molecule has 1 saturated carbocycles. The summed E-state index contributed by atoms with van der Waals surface area (Å²) in [6.45, 7) is 5.85. The van der Waals surface area contributed by atoms with Crippen LogP contribution in [-0.2, 0) is 9.47 Å².